The number of hydrogen-bond acceptors (Lipinski definition) is 8. The van der Waals surface area contributed by atoms with Crippen LogP contribution in [0.15, 0.2) is 64.3 Å². The molecular formula is C23H30N3O8P. The first-order chi connectivity index (χ1) is 16.5. The average molecular weight is 507 g/mol. The summed E-state index contributed by atoms with van der Waals surface area (Å²) in [7, 11) is -4.09. The number of aromatic nitrogens is 2. The monoisotopic (exact) mass is 507 g/mol. The van der Waals surface area contributed by atoms with Crippen LogP contribution in [0.4, 0.5) is 0 Å². The summed E-state index contributed by atoms with van der Waals surface area (Å²) in [5.74, 6) is -1.31. The fraction of sp³-hybridized carbons (Fsp3) is 0.435. The quantitative estimate of drug-likeness (QED) is 0.236. The highest BCUT2D eigenvalue weighted by Crippen LogP contribution is 2.51. The predicted molar refractivity (Wildman–Crippen MR) is 128 cm³/mol. The number of nitrogens with zero attached hydrogens (tertiary/aromatic N) is 1. The number of nitrogens with one attached hydrogen (secondary N) is 2. The summed E-state index contributed by atoms with van der Waals surface area (Å²) in [5, 5.41) is 12.6. The van der Waals surface area contributed by atoms with Gasteiger partial charge in [0.2, 0.25) is 0 Å². The van der Waals surface area contributed by atoms with E-state index in [1.807, 2.05) is 0 Å². The minimum atomic E-state index is -4.09. The van der Waals surface area contributed by atoms with Gasteiger partial charge in [0, 0.05) is 30.7 Å². The second kappa shape index (κ2) is 11.2. The molecule has 3 rings (SSSR count). The minimum absolute atomic E-state index is 0.165. The molecule has 1 aliphatic rings. The summed E-state index contributed by atoms with van der Waals surface area (Å²) in [4.78, 5) is 38.0. The first-order valence-electron chi connectivity index (χ1n) is 11.1. The molecule has 0 bridgehead atoms. The third-order valence-corrected chi connectivity index (χ3v) is 7.23. The van der Waals surface area contributed by atoms with E-state index < -0.39 is 48.9 Å². The Morgan fingerprint density at radius 1 is 1.23 bits per heavy atom. The smallest absolute Gasteiger partial charge is 0.459 e. The van der Waals surface area contributed by atoms with Crippen molar-refractivity contribution in [1.82, 2.24) is 14.6 Å². The van der Waals surface area contributed by atoms with E-state index in [1.54, 1.807) is 44.2 Å². The van der Waals surface area contributed by atoms with E-state index >= 15 is 0 Å². The number of aliphatic hydroxyl groups excluding tert-OH is 1. The Labute approximate surface area is 202 Å². The molecule has 35 heavy (non-hydrogen) atoms. The Balaban J connectivity index is 1.76. The highest BCUT2D eigenvalue weighted by atomic mass is 31.2. The highest BCUT2D eigenvalue weighted by Gasteiger charge is 2.47. The van der Waals surface area contributed by atoms with Crippen molar-refractivity contribution in [2.24, 2.45) is 11.8 Å². The van der Waals surface area contributed by atoms with Crippen molar-refractivity contribution in [3.63, 3.8) is 0 Å². The maximum absolute atomic E-state index is 13.6. The Morgan fingerprint density at radius 2 is 1.91 bits per heavy atom. The van der Waals surface area contributed by atoms with Crippen LogP contribution in [-0.2, 0) is 18.6 Å². The molecule has 1 aliphatic carbocycles. The molecule has 1 heterocycles. The summed E-state index contributed by atoms with van der Waals surface area (Å²) >= 11 is 0. The number of ether oxygens (including phenoxy) is 1. The zero-order valence-corrected chi connectivity index (χ0v) is 20.6. The summed E-state index contributed by atoms with van der Waals surface area (Å²) < 4.78 is 31.4. The van der Waals surface area contributed by atoms with Crippen molar-refractivity contribution in [3.8, 4) is 5.75 Å². The van der Waals surface area contributed by atoms with Crippen molar-refractivity contribution < 1.29 is 28.3 Å². The Morgan fingerprint density at radius 3 is 2.51 bits per heavy atom. The van der Waals surface area contributed by atoms with Crippen molar-refractivity contribution in [2.75, 3.05) is 13.2 Å². The average Bonchev–Trinajstić information content (AvgIpc) is 2.78. The van der Waals surface area contributed by atoms with E-state index in [4.69, 9.17) is 13.8 Å². The van der Waals surface area contributed by atoms with Crippen LogP contribution in [0.25, 0.3) is 0 Å². The van der Waals surface area contributed by atoms with Gasteiger partial charge in [0.25, 0.3) is 5.56 Å². The van der Waals surface area contributed by atoms with Crippen LogP contribution in [0, 0.1) is 11.8 Å². The van der Waals surface area contributed by atoms with E-state index in [2.05, 4.69) is 16.7 Å². The molecule has 0 radical (unpaired) electrons. The SMILES string of the molecule is C=C1[C@@H](n2ccc(=O)[nH]c2=O)[C@H](CO)[C@H]1COP(=O)(NC(C)C(=O)OC(C)C)Oc1ccccc1. The second-order valence-electron chi connectivity index (χ2n) is 8.52. The highest BCUT2D eigenvalue weighted by molar-refractivity contribution is 7.52. The van der Waals surface area contributed by atoms with Crippen LogP contribution < -0.4 is 20.9 Å². The number of rotatable bonds is 11. The van der Waals surface area contributed by atoms with Crippen LogP contribution in [0.1, 0.15) is 26.8 Å². The van der Waals surface area contributed by atoms with Crippen molar-refractivity contribution >= 4 is 13.7 Å². The van der Waals surface area contributed by atoms with E-state index in [9.17, 15) is 24.1 Å². The fourth-order valence-corrected chi connectivity index (χ4v) is 5.39. The van der Waals surface area contributed by atoms with Gasteiger partial charge in [0.05, 0.1) is 18.8 Å². The first-order valence-corrected chi connectivity index (χ1v) is 12.7. The zero-order chi connectivity index (χ0) is 25.8. The molecule has 5 atom stereocenters. The molecule has 0 spiro atoms. The molecular weight excluding hydrogens is 477 g/mol. The molecule has 11 nitrogen and oxygen atoms in total. The number of H-pyrrole nitrogens is 1. The van der Waals surface area contributed by atoms with E-state index in [0.717, 1.165) is 0 Å². The van der Waals surface area contributed by atoms with Crippen molar-refractivity contribution in [3.05, 3.63) is 75.6 Å². The number of aromatic amines is 1. The number of hydrogen-bond donors (Lipinski definition) is 3. The number of carbonyl (C=O) groups excluding carboxylic acids is 1. The van der Waals surface area contributed by atoms with Gasteiger partial charge in [0.15, 0.2) is 0 Å². The van der Waals surface area contributed by atoms with Gasteiger partial charge in [-0.25, -0.2) is 9.36 Å². The zero-order valence-electron chi connectivity index (χ0n) is 19.7. The maximum atomic E-state index is 13.6. The van der Waals surface area contributed by atoms with E-state index in [0.29, 0.717) is 5.57 Å². The third kappa shape index (κ3) is 6.37. The number of esters is 1. The van der Waals surface area contributed by atoms with Crippen LogP contribution >= 0.6 is 7.75 Å². The predicted octanol–water partition coefficient (Wildman–Crippen LogP) is 2.01. The van der Waals surface area contributed by atoms with Gasteiger partial charge in [-0.3, -0.25) is 23.7 Å². The fourth-order valence-electron chi connectivity index (χ4n) is 3.87. The van der Waals surface area contributed by atoms with Gasteiger partial charge in [-0.05, 0) is 38.5 Å². The Kier molecular flexibility index (Phi) is 8.50. The third-order valence-electron chi connectivity index (χ3n) is 5.59. The molecule has 2 unspecified atom stereocenters. The van der Waals surface area contributed by atoms with Gasteiger partial charge >= 0.3 is 19.4 Å². The topological polar surface area (TPSA) is 149 Å². The molecule has 0 amide bonds. The van der Waals surface area contributed by atoms with Gasteiger partial charge in [-0.1, -0.05) is 24.8 Å². The molecule has 190 valence electrons. The lowest BCUT2D eigenvalue weighted by molar-refractivity contribution is -0.149. The summed E-state index contributed by atoms with van der Waals surface area (Å²) in [6.07, 6.45) is 0.975. The second-order valence-corrected chi connectivity index (χ2v) is 10.2. The van der Waals surface area contributed by atoms with E-state index in [1.165, 1.54) is 23.8 Å². The molecule has 1 saturated carbocycles. The van der Waals surface area contributed by atoms with Gasteiger partial charge in [0.1, 0.15) is 11.8 Å². The molecule has 1 fully saturated rings. The number of para-hydroxylation sites is 1. The molecule has 2 aromatic rings. The van der Waals surface area contributed by atoms with Crippen molar-refractivity contribution in [1.29, 1.82) is 0 Å². The maximum Gasteiger partial charge on any atom is 0.459 e. The minimum Gasteiger partial charge on any atom is -0.462 e. The van der Waals surface area contributed by atoms with Crippen LogP contribution in [0.2, 0.25) is 0 Å². The normalized spacial score (nSPS) is 22.2. The Bertz CT molecular complexity index is 1210. The van der Waals surface area contributed by atoms with Crippen molar-refractivity contribution in [2.45, 2.75) is 39.0 Å². The summed E-state index contributed by atoms with van der Waals surface area (Å²) in [6, 6.07) is 7.96. The largest absolute Gasteiger partial charge is 0.462 e. The molecule has 12 heteroatoms. The van der Waals surface area contributed by atoms with Gasteiger partial charge in [-0.2, -0.15) is 5.09 Å². The van der Waals surface area contributed by atoms with E-state index in [-0.39, 0.29) is 25.1 Å². The number of aliphatic hydroxyl groups is 1. The van der Waals surface area contributed by atoms with Gasteiger partial charge in [-0.15, -0.1) is 0 Å². The number of carbonyl (C=O) groups is 1. The molecule has 1 aromatic heterocycles. The standard InChI is InChI=1S/C23H30N3O8P/c1-14(2)33-22(29)16(4)25-35(31,34-17-8-6-5-7-9-17)32-13-19-15(3)21(18(19)12-27)26-11-10-20(28)24-23(26)30/h5-11,14,16,18-19,21,27H,3,12-13H2,1-2,4H3,(H,25,31)(H,24,28,30)/t16?,18-,19+,21-,35?/m1/s1. The first kappa shape index (κ1) is 26.6. The molecule has 0 aliphatic heterocycles. The van der Waals surface area contributed by atoms with Gasteiger partial charge < -0.3 is 14.4 Å². The molecule has 1 aromatic carbocycles. The van der Waals surface area contributed by atoms with Crippen LogP contribution in [-0.4, -0.2) is 46.0 Å². The molecule has 0 saturated heterocycles. The lowest BCUT2D eigenvalue weighted by Gasteiger charge is -2.46. The summed E-state index contributed by atoms with van der Waals surface area (Å²) in [5.41, 5.74) is -0.609. The Hall–Kier alpha value is -2.98. The number of benzene rings is 1. The molecule has 3 N–H and O–H groups in total. The summed E-state index contributed by atoms with van der Waals surface area (Å²) in [6.45, 7) is 8.40. The van der Waals surface area contributed by atoms with Crippen LogP contribution in [0.3, 0.4) is 0 Å². The lowest BCUT2D eigenvalue weighted by Crippen LogP contribution is -2.49. The van der Waals surface area contributed by atoms with Crippen LogP contribution in [0.5, 0.6) is 5.75 Å². The lowest BCUT2D eigenvalue weighted by atomic mass is 9.66.